The highest BCUT2D eigenvalue weighted by atomic mass is 16.5. The molecule has 2 N–H and O–H groups in total. The third kappa shape index (κ3) is 7.73. The Bertz CT molecular complexity index is 2510. The number of hydrogen-bond donors (Lipinski definition) is 2. The van der Waals surface area contributed by atoms with Gasteiger partial charge in [0.1, 0.15) is 34.4 Å². The first-order chi connectivity index (χ1) is 29.5. The number of para-hydroxylation sites is 1. The van der Waals surface area contributed by atoms with Crippen LogP contribution in [0, 0.1) is 5.92 Å². The molecule has 2 unspecified atom stereocenters. The Morgan fingerprint density at radius 1 is 0.667 bits per heavy atom. The fourth-order valence-corrected chi connectivity index (χ4v) is 8.13. The third-order valence-corrected chi connectivity index (χ3v) is 11.0. The molecule has 0 radical (unpaired) electrons. The quantitative estimate of drug-likeness (QED) is 0.0879. The van der Waals surface area contributed by atoms with Gasteiger partial charge in [-0.15, -0.1) is 0 Å². The van der Waals surface area contributed by atoms with E-state index >= 15 is 0 Å². The molecular weight excluding hydrogens is 747 g/mol. The van der Waals surface area contributed by atoms with E-state index in [1.165, 1.54) is 0 Å². The minimum absolute atomic E-state index is 0.0312. The highest BCUT2D eigenvalue weighted by Crippen LogP contribution is 2.46. The number of aromatic nitrogens is 4. The molecule has 0 fully saturated rings. The number of rotatable bonds is 17. The number of ether oxygens (including phenoxy) is 3. The van der Waals surface area contributed by atoms with Crippen molar-refractivity contribution >= 4 is 17.1 Å². The van der Waals surface area contributed by atoms with E-state index in [2.05, 4.69) is 72.0 Å². The lowest BCUT2D eigenvalue weighted by Crippen LogP contribution is -2.39. The molecule has 8 rings (SSSR count). The van der Waals surface area contributed by atoms with E-state index in [0.717, 1.165) is 39.1 Å². The molecule has 0 saturated heterocycles. The summed E-state index contributed by atoms with van der Waals surface area (Å²) in [4.78, 5) is 15.0. The topological polar surface area (TPSA) is 104 Å². The van der Waals surface area contributed by atoms with Crippen LogP contribution < -0.4 is 14.8 Å². The second-order valence-corrected chi connectivity index (χ2v) is 14.8. The van der Waals surface area contributed by atoms with E-state index in [1.54, 1.807) is 19.6 Å². The Hall–Kier alpha value is -6.81. The summed E-state index contributed by atoms with van der Waals surface area (Å²) in [7, 11) is 1.69. The predicted octanol–water partition coefficient (Wildman–Crippen LogP) is 10.2. The molecule has 0 aliphatic heterocycles. The fraction of sp³-hybridized carbons (Fsp3) is 0.196. The molecule has 6 aromatic carbocycles. The molecule has 302 valence electrons. The van der Waals surface area contributed by atoms with E-state index in [1.807, 2.05) is 122 Å². The molecule has 2 aromatic heterocycles. The highest BCUT2D eigenvalue weighted by Gasteiger charge is 2.42. The first-order valence-corrected chi connectivity index (χ1v) is 20.4. The Labute approximate surface area is 351 Å². The molecule has 0 bridgehead atoms. The number of fused-ring (bicyclic) bond motifs is 1. The van der Waals surface area contributed by atoms with Crippen LogP contribution in [0.5, 0.6) is 11.5 Å². The van der Waals surface area contributed by atoms with Crippen molar-refractivity contribution in [2.75, 3.05) is 25.6 Å². The first kappa shape index (κ1) is 40.0. The Morgan fingerprint density at radius 2 is 1.20 bits per heavy atom. The lowest BCUT2D eigenvalue weighted by molar-refractivity contribution is -0.0962. The van der Waals surface area contributed by atoms with Crippen molar-refractivity contribution in [3.63, 3.8) is 0 Å². The van der Waals surface area contributed by atoms with Crippen LogP contribution in [0.2, 0.25) is 0 Å². The molecule has 0 amide bonds. The molecule has 8 aromatic rings. The number of nitrogens with one attached hydrogen (secondary N) is 1. The van der Waals surface area contributed by atoms with Crippen LogP contribution in [-0.2, 0) is 15.9 Å². The molecule has 2 atom stereocenters. The van der Waals surface area contributed by atoms with Gasteiger partial charge in [-0.25, -0.2) is 9.97 Å². The normalized spacial score (nSPS) is 12.8. The smallest absolute Gasteiger partial charge is 0.226 e. The van der Waals surface area contributed by atoms with Gasteiger partial charge in [-0.3, -0.25) is 4.57 Å². The van der Waals surface area contributed by atoms with Gasteiger partial charge in [0.25, 0.3) is 0 Å². The standard InChI is InChI=1S/C51H49N5O4/c1-4-59-43-31-29-42(30-32-43)51(40-23-13-7-14-24-40,41-25-15-8-16-26-41)60-47(33-37(2)35-57)56-36-53-45-34-52-49(54-48(45)56)55-50(38-19-9-5-10-20-38,39-21-11-6-12-22-39)44-27-17-18-28-46(44)58-3/h5-32,34,36-37,47,57H,4,33,35H2,1-3H3,(H,52,54,55). The minimum Gasteiger partial charge on any atom is -0.496 e. The molecule has 60 heavy (non-hydrogen) atoms. The fourth-order valence-electron chi connectivity index (χ4n) is 8.13. The van der Waals surface area contributed by atoms with Gasteiger partial charge in [0.2, 0.25) is 5.95 Å². The van der Waals surface area contributed by atoms with Crippen LogP contribution in [-0.4, -0.2) is 44.9 Å². The van der Waals surface area contributed by atoms with Crippen molar-refractivity contribution in [1.29, 1.82) is 0 Å². The summed E-state index contributed by atoms with van der Waals surface area (Å²) in [6.07, 6.45) is 3.30. The van der Waals surface area contributed by atoms with Gasteiger partial charge < -0.3 is 24.6 Å². The van der Waals surface area contributed by atoms with E-state index < -0.39 is 17.4 Å². The van der Waals surface area contributed by atoms with Crippen LogP contribution >= 0.6 is 0 Å². The van der Waals surface area contributed by atoms with E-state index in [0.29, 0.717) is 35.9 Å². The second kappa shape index (κ2) is 18.0. The molecule has 0 aliphatic rings. The Balaban J connectivity index is 1.32. The summed E-state index contributed by atoms with van der Waals surface area (Å²) < 4.78 is 21.5. The lowest BCUT2D eigenvalue weighted by Gasteiger charge is -2.40. The van der Waals surface area contributed by atoms with Crippen molar-refractivity contribution in [1.82, 2.24) is 19.5 Å². The first-order valence-electron chi connectivity index (χ1n) is 20.4. The summed E-state index contributed by atoms with van der Waals surface area (Å²) in [5, 5.41) is 14.3. The second-order valence-electron chi connectivity index (χ2n) is 14.8. The SMILES string of the molecule is CCOc1ccc(C(OC(CC(C)CO)n2cnc3cnc(NC(c4ccccc4)(c4ccccc4)c4ccccc4OC)nc32)(c2ccccc2)c2ccccc2)cc1. The molecule has 9 heteroatoms. The maximum atomic E-state index is 10.5. The van der Waals surface area contributed by atoms with Gasteiger partial charge in [0.15, 0.2) is 5.65 Å². The number of methoxy groups -OCH3 is 1. The van der Waals surface area contributed by atoms with E-state index in [4.69, 9.17) is 29.2 Å². The number of aliphatic hydroxyl groups is 1. The van der Waals surface area contributed by atoms with Gasteiger partial charge in [-0.2, -0.15) is 4.98 Å². The molecule has 0 aliphatic carbocycles. The van der Waals surface area contributed by atoms with Crippen molar-refractivity contribution < 1.29 is 19.3 Å². The predicted molar refractivity (Wildman–Crippen MR) is 236 cm³/mol. The van der Waals surface area contributed by atoms with Crippen LogP contribution in [0.25, 0.3) is 11.2 Å². The number of nitrogens with zero attached hydrogens (tertiary/aromatic N) is 4. The van der Waals surface area contributed by atoms with Gasteiger partial charge in [-0.1, -0.05) is 159 Å². The van der Waals surface area contributed by atoms with Crippen molar-refractivity contribution in [3.8, 4) is 11.5 Å². The average Bonchev–Trinajstić information content (AvgIpc) is 3.74. The van der Waals surface area contributed by atoms with Crippen LogP contribution in [0.15, 0.2) is 182 Å². The van der Waals surface area contributed by atoms with Gasteiger partial charge >= 0.3 is 0 Å². The van der Waals surface area contributed by atoms with Crippen molar-refractivity contribution in [2.45, 2.75) is 37.6 Å². The summed E-state index contributed by atoms with van der Waals surface area (Å²) in [6, 6.07) is 57.2. The van der Waals surface area contributed by atoms with Crippen LogP contribution in [0.3, 0.4) is 0 Å². The summed E-state index contributed by atoms with van der Waals surface area (Å²) in [5.74, 6) is 1.73. The largest absolute Gasteiger partial charge is 0.496 e. The Kier molecular flexibility index (Phi) is 12.0. The lowest BCUT2D eigenvalue weighted by atomic mass is 9.76. The number of aliphatic hydroxyl groups excluding tert-OH is 1. The molecule has 9 nitrogen and oxygen atoms in total. The van der Waals surface area contributed by atoms with Gasteiger partial charge in [0, 0.05) is 12.2 Å². The monoisotopic (exact) mass is 795 g/mol. The highest BCUT2D eigenvalue weighted by molar-refractivity contribution is 5.72. The van der Waals surface area contributed by atoms with Gasteiger partial charge in [0.05, 0.1) is 26.2 Å². The van der Waals surface area contributed by atoms with Crippen LogP contribution in [0.4, 0.5) is 5.95 Å². The minimum atomic E-state index is -1.10. The average molecular weight is 796 g/mol. The van der Waals surface area contributed by atoms with E-state index in [9.17, 15) is 5.11 Å². The summed E-state index contributed by atoms with van der Waals surface area (Å²) >= 11 is 0. The van der Waals surface area contributed by atoms with E-state index in [-0.39, 0.29) is 12.5 Å². The molecule has 2 heterocycles. The maximum absolute atomic E-state index is 10.5. The summed E-state index contributed by atoms with van der Waals surface area (Å²) in [5.41, 5.74) is 4.73. The Morgan fingerprint density at radius 3 is 1.75 bits per heavy atom. The number of imidazole rings is 1. The zero-order chi connectivity index (χ0) is 41.4. The molecule has 0 saturated carbocycles. The molecule has 0 spiro atoms. The maximum Gasteiger partial charge on any atom is 0.226 e. The number of benzene rings is 6. The zero-order valence-electron chi connectivity index (χ0n) is 34.1. The van der Waals surface area contributed by atoms with Crippen LogP contribution in [0.1, 0.15) is 59.9 Å². The molecular formula is C51H49N5O4. The van der Waals surface area contributed by atoms with Crippen molar-refractivity contribution in [3.05, 3.63) is 216 Å². The van der Waals surface area contributed by atoms with Gasteiger partial charge in [-0.05, 0) is 65.3 Å². The number of anilines is 1. The third-order valence-electron chi connectivity index (χ3n) is 11.0. The number of hydrogen-bond acceptors (Lipinski definition) is 8. The van der Waals surface area contributed by atoms with Crippen molar-refractivity contribution in [2.24, 2.45) is 5.92 Å². The summed E-state index contributed by atoms with van der Waals surface area (Å²) in [6.45, 7) is 4.52. The zero-order valence-corrected chi connectivity index (χ0v) is 34.1.